The Morgan fingerprint density at radius 2 is 0.640 bits per heavy atom. The van der Waals surface area contributed by atoms with Crippen LogP contribution in [0.4, 0.5) is 0 Å². The van der Waals surface area contributed by atoms with Crippen molar-refractivity contribution in [3.05, 3.63) is 318 Å². The number of alkyl halides is 3. The van der Waals surface area contributed by atoms with Crippen molar-refractivity contribution >= 4 is 159 Å². The van der Waals surface area contributed by atoms with E-state index in [0.717, 1.165) is 125 Å². The number of Topliss-reactive ketones (excluding diaryl/α,β-unsaturated/α-hetero) is 2. The zero-order valence-electron chi connectivity index (χ0n) is 66.8. The highest BCUT2D eigenvalue weighted by atomic mass is 80.9. The van der Waals surface area contributed by atoms with Crippen molar-refractivity contribution in [1.82, 2.24) is 9.62 Å². The molecule has 5 saturated carbocycles. The summed E-state index contributed by atoms with van der Waals surface area (Å²) in [4.78, 5) is 29.0. The smallest absolute Gasteiger partial charge is 0.221 e. The first kappa shape index (κ1) is 117. The maximum absolute atomic E-state index is 11.9. The standard InChI is InChI=1S/2C19H22BN.2C12H14BrClO.C12H12BrClO.C12H13ClO.C11H10ClN.9CH4.Br2/c2*1-20-15-19(16-9-4-2-5-10-16,17-11-6-3-7-12-17)18-13-8-14-21(18)20;3*13-8-11(15)12(6-1-7-12)9-2-4-10(14)5-3-9;1-9(14)12(7-2-8-12)10-3-5-11(13)6-4-10;12-10-4-2-9(3-5-10)11(8-13)6-1-7-11;;;;;;;;;;1-2/h2*2-7,9-12,18H,8,13-15H2,1H3;2*2-5,11,15H,1,6-8H2;2-5H,1,6-8H2;3-6H,2,7-8H2,1H3;2-5H,1,6-7H2;9*1H4;/t2*18-;2*11-;;;;;;;;;;;;;/m1010............./s1. The number of aliphatic hydroxyl groups excluding tert-OH is 2. The molecule has 9 fully saturated rings. The van der Waals surface area contributed by atoms with Crippen LogP contribution in [0, 0.1) is 11.3 Å². The Balaban J connectivity index is 0.000000490. The number of carbonyl (C=O) groups is 2. The number of aliphatic hydroxyl groups is 2. The maximum Gasteiger partial charge on any atom is 0.221 e. The first-order chi connectivity index (χ1) is 56.1. The van der Waals surface area contributed by atoms with E-state index >= 15 is 0 Å². The van der Waals surface area contributed by atoms with E-state index in [1.807, 2.05) is 121 Å². The summed E-state index contributed by atoms with van der Waals surface area (Å²) in [7, 11) is 0. The number of hydrogen-bond donors (Lipinski definition) is 2. The summed E-state index contributed by atoms with van der Waals surface area (Å²) in [6.45, 7) is 10.4. The second-order valence-corrected chi connectivity index (χ2v) is 37.3. The Kier molecular flexibility index (Phi) is 50.4. The van der Waals surface area contributed by atoms with Crippen LogP contribution in [0.25, 0.3) is 0 Å². The predicted octanol–water partition coefficient (Wildman–Crippen LogP) is 33.0. The molecule has 4 heterocycles. The molecule has 0 unspecified atom stereocenters. The lowest BCUT2D eigenvalue weighted by Crippen LogP contribution is -2.46. The molecule has 4 aliphatic heterocycles. The molecule has 125 heavy (non-hydrogen) atoms. The first-order valence-electron chi connectivity index (χ1n) is 41.3. The zero-order valence-corrected chi connectivity index (χ0v) is 78.5. The molecular formula is C106H143B2Br5Cl5N3O4. The van der Waals surface area contributed by atoms with E-state index in [0.29, 0.717) is 41.8 Å². The molecule has 2 N–H and O–H groups in total. The Morgan fingerprint density at radius 3 is 0.856 bits per heavy atom. The van der Waals surface area contributed by atoms with Gasteiger partial charge in [0.25, 0.3) is 0 Å². The van der Waals surface area contributed by atoms with Gasteiger partial charge in [0.05, 0.1) is 39.9 Å². The minimum atomic E-state index is -0.299. The first-order valence-corrected chi connectivity index (χ1v) is 50.3. The third-order valence-electron chi connectivity index (χ3n) is 27.5. The average molecular weight is 2120 g/mol. The van der Waals surface area contributed by atoms with Crippen LogP contribution in [-0.2, 0) is 47.5 Å². The van der Waals surface area contributed by atoms with Crippen LogP contribution in [0.1, 0.15) is 246 Å². The third kappa shape index (κ3) is 25.5. The van der Waals surface area contributed by atoms with Crippen LogP contribution >= 0.6 is 134 Å². The van der Waals surface area contributed by atoms with Gasteiger partial charge in [-0.2, -0.15) is 5.26 Å². The third-order valence-corrected chi connectivity index (χ3v) is 30.5. The second kappa shape index (κ2) is 54.0. The lowest BCUT2D eigenvalue weighted by Gasteiger charge is -2.45. The van der Waals surface area contributed by atoms with Crippen LogP contribution in [0.15, 0.2) is 243 Å². The Morgan fingerprint density at radius 1 is 0.384 bits per heavy atom. The molecule has 0 radical (unpaired) electrons. The fourth-order valence-electron chi connectivity index (χ4n) is 20.3. The molecular weight excluding hydrogens is 1980 g/mol. The fraction of sp³-hybridized carbons (Fsp3) is 0.462. The minimum absolute atomic E-state index is 0. The predicted molar refractivity (Wildman–Crippen MR) is 568 cm³/mol. The van der Waals surface area contributed by atoms with E-state index < -0.39 is 0 Å². The molecule has 4 saturated heterocycles. The Hall–Kier alpha value is -4.37. The second-order valence-electron chi connectivity index (χ2n) is 33.2. The van der Waals surface area contributed by atoms with Crippen molar-refractivity contribution in [3.63, 3.8) is 0 Å². The number of rotatable bonds is 16. The molecule has 7 nitrogen and oxygen atoms in total. The molecule has 19 heteroatoms. The largest absolute Gasteiger partial charge is 0.391 e. The summed E-state index contributed by atoms with van der Waals surface area (Å²) in [5, 5.41) is 34.6. The summed E-state index contributed by atoms with van der Waals surface area (Å²) >= 11 is 44.7. The van der Waals surface area contributed by atoms with E-state index in [1.54, 1.807) is 6.92 Å². The lowest BCUT2D eigenvalue weighted by atomic mass is 9.54. The van der Waals surface area contributed by atoms with Crippen molar-refractivity contribution in [3.8, 4) is 6.07 Å². The highest BCUT2D eigenvalue weighted by molar-refractivity contribution is 9.93. The minimum Gasteiger partial charge on any atom is -0.391 e. The van der Waals surface area contributed by atoms with Gasteiger partial charge in [-0.3, -0.25) is 9.59 Å². The monoisotopic (exact) mass is 2110 g/mol. The van der Waals surface area contributed by atoms with E-state index in [9.17, 15) is 19.8 Å². The van der Waals surface area contributed by atoms with E-state index in [1.165, 1.54) is 97.6 Å². The lowest BCUT2D eigenvalue weighted by molar-refractivity contribution is -0.125. The molecule has 18 rings (SSSR count). The van der Waals surface area contributed by atoms with Crippen LogP contribution in [-0.4, -0.2) is 98.5 Å². The SMILES string of the molecule is BrBr.C.C.C.C.C.C.C.C.C.CB1CC(c2ccccc2)(c2ccccc2)[C@@H]2CCCN12.CB1CC(c2ccccc2)(c2ccccc2)[C@H]2CCCN12.CC(=O)C1(c2ccc(Cl)cc2)CCC1.N#CC1(c2ccc(Cl)cc2)CCC1.O=C(CBr)C1(c2ccc(Cl)cc2)CCC1.O[C@@H](CBr)C1(c2ccc(Cl)cc2)CCC1.O[C@H](CBr)C1(c2ccc(Cl)cc2)CCC1. The van der Waals surface area contributed by atoms with Gasteiger partial charge in [0.15, 0.2) is 5.78 Å². The van der Waals surface area contributed by atoms with Crippen LogP contribution in [0.2, 0.25) is 51.4 Å². The van der Waals surface area contributed by atoms with E-state index in [4.69, 9.17) is 63.3 Å². The number of carbonyl (C=O) groups excluding carboxylic acids is 2. The zero-order chi connectivity index (χ0) is 82.7. The molecule has 5 aliphatic carbocycles. The van der Waals surface area contributed by atoms with Crippen molar-refractivity contribution < 1.29 is 19.8 Å². The van der Waals surface area contributed by atoms with Gasteiger partial charge in [0, 0.05) is 97.8 Å². The molecule has 0 amide bonds. The number of nitriles is 1. The van der Waals surface area contributed by atoms with Gasteiger partial charge in [-0.05, 0) is 240 Å². The van der Waals surface area contributed by atoms with Crippen molar-refractivity contribution in [1.29, 1.82) is 5.26 Å². The molecule has 682 valence electrons. The number of nitrogens with zero attached hydrogens (tertiary/aromatic N) is 3. The summed E-state index contributed by atoms with van der Waals surface area (Å²) in [6, 6.07) is 87.2. The van der Waals surface area contributed by atoms with Crippen LogP contribution in [0.3, 0.4) is 0 Å². The van der Waals surface area contributed by atoms with Gasteiger partial charge in [-0.1, -0.05) is 394 Å². The van der Waals surface area contributed by atoms with Gasteiger partial charge in [-0.15, -0.1) is 0 Å². The quantitative estimate of drug-likeness (QED) is 0.0733. The fourth-order valence-corrected chi connectivity index (χ4v) is 22.7. The number of hydrogen-bond acceptors (Lipinski definition) is 7. The highest BCUT2D eigenvalue weighted by Crippen LogP contribution is 2.55. The van der Waals surface area contributed by atoms with E-state index in [-0.39, 0.29) is 129 Å². The molecule has 9 aliphatic rings. The van der Waals surface area contributed by atoms with Gasteiger partial charge >= 0.3 is 0 Å². The molecule has 9 aromatic rings. The molecule has 0 aromatic heterocycles. The number of ketones is 2. The summed E-state index contributed by atoms with van der Waals surface area (Å²) in [5.74, 6) is 0.571. The number of fused-ring (bicyclic) bond motifs is 2. The number of halogens is 10. The summed E-state index contributed by atoms with van der Waals surface area (Å²) < 4.78 is 0. The number of benzene rings is 9. The summed E-state index contributed by atoms with van der Waals surface area (Å²) in [6.07, 6.45) is 23.3. The van der Waals surface area contributed by atoms with Crippen molar-refractivity contribution in [2.24, 2.45) is 0 Å². The van der Waals surface area contributed by atoms with Gasteiger partial charge in [0.2, 0.25) is 13.7 Å². The van der Waals surface area contributed by atoms with Crippen molar-refractivity contribution in [2.75, 3.05) is 29.1 Å². The van der Waals surface area contributed by atoms with Crippen LogP contribution in [0.5, 0.6) is 0 Å². The topological polar surface area (TPSA) is 105 Å². The molecule has 0 bridgehead atoms. The van der Waals surface area contributed by atoms with Crippen LogP contribution < -0.4 is 0 Å². The molecule has 4 atom stereocenters. The van der Waals surface area contributed by atoms with Gasteiger partial charge in [0.1, 0.15) is 5.78 Å². The molecule has 0 spiro atoms. The normalized spacial score (nSPS) is 19.4. The average Bonchev–Trinajstić information content (AvgIpc) is 1.57. The van der Waals surface area contributed by atoms with Gasteiger partial charge in [-0.25, -0.2) is 0 Å². The van der Waals surface area contributed by atoms with Crippen molar-refractivity contribution in [2.45, 2.75) is 284 Å². The highest BCUT2D eigenvalue weighted by Gasteiger charge is 2.57. The summed E-state index contributed by atoms with van der Waals surface area (Å²) in [5.41, 5.74) is 11.4. The maximum atomic E-state index is 11.9. The Bertz CT molecular complexity index is 4340. The molecule has 9 aromatic carbocycles. The van der Waals surface area contributed by atoms with E-state index in [2.05, 4.69) is 227 Å². The van der Waals surface area contributed by atoms with Gasteiger partial charge < -0.3 is 19.8 Å². The Labute approximate surface area is 823 Å².